The van der Waals surface area contributed by atoms with Gasteiger partial charge in [0.25, 0.3) is 0 Å². The first-order valence-corrected chi connectivity index (χ1v) is 8.44. The molecule has 2 rings (SSSR count). The van der Waals surface area contributed by atoms with E-state index in [-0.39, 0.29) is 4.90 Å². The highest BCUT2D eigenvalue weighted by atomic mass is 32.2. The van der Waals surface area contributed by atoms with Gasteiger partial charge in [0, 0.05) is 12.3 Å². The van der Waals surface area contributed by atoms with Gasteiger partial charge in [-0.05, 0) is 43.0 Å². The molecule has 0 amide bonds. The highest BCUT2D eigenvalue weighted by Crippen LogP contribution is 2.44. The van der Waals surface area contributed by atoms with Gasteiger partial charge in [0.1, 0.15) is 10.7 Å². The van der Waals surface area contributed by atoms with Crippen molar-refractivity contribution in [2.75, 3.05) is 13.3 Å². The highest BCUT2D eigenvalue weighted by Gasteiger charge is 2.39. The molecule has 1 aromatic rings. The Morgan fingerprint density at radius 1 is 1.42 bits per heavy atom. The average Bonchev–Trinajstić information content (AvgIpc) is 2.27. The van der Waals surface area contributed by atoms with Crippen LogP contribution in [0.3, 0.4) is 0 Å². The lowest BCUT2D eigenvalue weighted by molar-refractivity contribution is 0.169. The van der Waals surface area contributed by atoms with Crippen molar-refractivity contribution in [3.05, 3.63) is 29.6 Å². The van der Waals surface area contributed by atoms with Gasteiger partial charge < -0.3 is 5.32 Å². The van der Waals surface area contributed by atoms with Crippen LogP contribution in [0.4, 0.5) is 4.39 Å². The summed E-state index contributed by atoms with van der Waals surface area (Å²) >= 11 is 0. The van der Waals surface area contributed by atoms with Crippen LogP contribution in [0.5, 0.6) is 0 Å². The van der Waals surface area contributed by atoms with E-state index >= 15 is 0 Å². The molecular formula is C14H20FNO2S. The summed E-state index contributed by atoms with van der Waals surface area (Å²) in [6.45, 7) is 2.13. The molecule has 0 radical (unpaired) electrons. The van der Waals surface area contributed by atoms with E-state index < -0.39 is 15.7 Å². The third kappa shape index (κ3) is 2.67. The molecule has 19 heavy (non-hydrogen) atoms. The van der Waals surface area contributed by atoms with Crippen LogP contribution in [0.2, 0.25) is 0 Å². The Labute approximate surface area is 114 Å². The summed E-state index contributed by atoms with van der Waals surface area (Å²) in [7, 11) is -1.55. The molecule has 0 heterocycles. The molecule has 0 spiro atoms. The maximum atomic E-state index is 13.9. The zero-order valence-electron chi connectivity index (χ0n) is 11.5. The molecule has 1 aliphatic rings. The van der Waals surface area contributed by atoms with E-state index in [0.717, 1.165) is 24.7 Å². The van der Waals surface area contributed by atoms with Crippen molar-refractivity contribution in [2.24, 2.45) is 5.92 Å². The quantitative estimate of drug-likeness (QED) is 0.923. The average molecular weight is 285 g/mol. The van der Waals surface area contributed by atoms with Gasteiger partial charge in [-0.2, -0.15) is 0 Å². The normalized spacial score (nSPS) is 27.1. The van der Waals surface area contributed by atoms with Gasteiger partial charge >= 0.3 is 0 Å². The lowest BCUT2D eigenvalue weighted by Gasteiger charge is -2.45. The highest BCUT2D eigenvalue weighted by molar-refractivity contribution is 7.90. The lowest BCUT2D eigenvalue weighted by atomic mass is 9.65. The van der Waals surface area contributed by atoms with Crippen LogP contribution in [0.1, 0.15) is 31.2 Å². The maximum absolute atomic E-state index is 13.9. The Hall–Kier alpha value is -0.940. The molecular weight excluding hydrogens is 265 g/mol. The second-order valence-corrected chi connectivity index (χ2v) is 7.26. The molecule has 0 aliphatic heterocycles. The fourth-order valence-electron chi connectivity index (χ4n) is 3.04. The van der Waals surface area contributed by atoms with E-state index in [1.807, 2.05) is 7.05 Å². The zero-order valence-corrected chi connectivity index (χ0v) is 12.3. The maximum Gasteiger partial charge on any atom is 0.178 e. The van der Waals surface area contributed by atoms with Crippen molar-refractivity contribution < 1.29 is 12.8 Å². The van der Waals surface area contributed by atoms with Crippen LogP contribution in [-0.2, 0) is 9.84 Å². The molecule has 3 atom stereocenters. The summed E-state index contributed by atoms with van der Waals surface area (Å²) in [6.07, 6.45) is 3.04. The Kier molecular flexibility index (Phi) is 3.97. The second-order valence-electron chi connectivity index (χ2n) is 5.27. The smallest absolute Gasteiger partial charge is 0.178 e. The summed E-state index contributed by atoms with van der Waals surface area (Å²) in [6, 6.07) is 5.00. The number of halogens is 1. The molecule has 1 saturated carbocycles. The van der Waals surface area contributed by atoms with Crippen LogP contribution in [0.15, 0.2) is 23.1 Å². The van der Waals surface area contributed by atoms with Crippen LogP contribution in [-0.4, -0.2) is 27.8 Å². The molecule has 1 N–H and O–H groups in total. The fraction of sp³-hybridized carbons (Fsp3) is 0.571. The third-order valence-corrected chi connectivity index (χ3v) is 5.30. The summed E-state index contributed by atoms with van der Waals surface area (Å²) in [5.41, 5.74) is 0.906. The molecule has 5 heteroatoms. The molecule has 0 aromatic heterocycles. The number of hydrogen-bond acceptors (Lipinski definition) is 3. The van der Waals surface area contributed by atoms with Gasteiger partial charge in [-0.25, -0.2) is 12.8 Å². The summed E-state index contributed by atoms with van der Waals surface area (Å²) in [4.78, 5) is -0.214. The molecule has 1 aromatic carbocycles. The number of hydrogen-bond donors (Lipinski definition) is 1. The molecule has 0 bridgehead atoms. The Morgan fingerprint density at radius 2 is 2.11 bits per heavy atom. The summed E-state index contributed by atoms with van der Waals surface area (Å²) in [5, 5.41) is 3.26. The number of sulfone groups is 1. The minimum absolute atomic E-state index is 0.214. The van der Waals surface area contributed by atoms with E-state index in [0.29, 0.717) is 17.9 Å². The predicted octanol–water partition coefficient (Wildman–Crippen LogP) is 2.33. The van der Waals surface area contributed by atoms with Crippen molar-refractivity contribution in [1.29, 1.82) is 0 Å². The first-order chi connectivity index (χ1) is 8.88. The summed E-state index contributed by atoms with van der Waals surface area (Å²) in [5.74, 6) is 0.182. The molecule has 1 aliphatic carbocycles. The van der Waals surface area contributed by atoms with Crippen molar-refractivity contribution >= 4 is 9.84 Å². The van der Waals surface area contributed by atoms with Gasteiger partial charge in [0.15, 0.2) is 9.84 Å². The molecule has 0 saturated heterocycles. The largest absolute Gasteiger partial charge is 0.317 e. The van der Waals surface area contributed by atoms with Crippen molar-refractivity contribution in [1.82, 2.24) is 5.32 Å². The van der Waals surface area contributed by atoms with E-state index in [1.54, 1.807) is 6.07 Å². The standard InChI is InChI=1S/C14H20FNO2S/c1-4-10-11(8-13(10)16-2)9-5-6-14(12(15)7-9)19(3,17)18/h5-7,10-11,13,16H,4,8H2,1-3H3. The van der Waals surface area contributed by atoms with E-state index in [9.17, 15) is 12.8 Å². The van der Waals surface area contributed by atoms with Crippen LogP contribution in [0.25, 0.3) is 0 Å². The van der Waals surface area contributed by atoms with Gasteiger partial charge in [-0.15, -0.1) is 0 Å². The first-order valence-electron chi connectivity index (χ1n) is 6.55. The van der Waals surface area contributed by atoms with Crippen LogP contribution < -0.4 is 5.32 Å². The van der Waals surface area contributed by atoms with Crippen LogP contribution in [0, 0.1) is 11.7 Å². The monoisotopic (exact) mass is 285 g/mol. The Balaban J connectivity index is 2.27. The summed E-state index contributed by atoms with van der Waals surface area (Å²) < 4.78 is 36.7. The number of rotatable bonds is 4. The topological polar surface area (TPSA) is 46.2 Å². The third-order valence-electron chi connectivity index (χ3n) is 4.17. The van der Waals surface area contributed by atoms with Crippen molar-refractivity contribution in [3.63, 3.8) is 0 Å². The fourth-order valence-corrected chi connectivity index (χ4v) is 3.77. The van der Waals surface area contributed by atoms with Crippen molar-refractivity contribution in [3.8, 4) is 0 Å². The minimum atomic E-state index is -3.49. The molecule has 1 fully saturated rings. The first kappa shape index (κ1) is 14.5. The Morgan fingerprint density at radius 3 is 2.58 bits per heavy atom. The van der Waals surface area contributed by atoms with E-state index in [1.165, 1.54) is 12.1 Å². The van der Waals surface area contributed by atoms with E-state index in [4.69, 9.17) is 0 Å². The van der Waals surface area contributed by atoms with Gasteiger partial charge in [-0.3, -0.25) is 0 Å². The Bertz CT molecular complexity index is 571. The van der Waals surface area contributed by atoms with Crippen LogP contribution >= 0.6 is 0 Å². The van der Waals surface area contributed by atoms with Gasteiger partial charge in [0.05, 0.1) is 0 Å². The zero-order chi connectivity index (χ0) is 14.2. The number of benzene rings is 1. The minimum Gasteiger partial charge on any atom is -0.317 e. The SMILES string of the molecule is CCC1C(NC)CC1c1ccc(S(C)(=O)=O)c(F)c1. The lowest BCUT2D eigenvalue weighted by Crippen LogP contribution is -2.47. The van der Waals surface area contributed by atoms with Gasteiger partial charge in [0.2, 0.25) is 0 Å². The second kappa shape index (κ2) is 5.21. The molecule has 3 nitrogen and oxygen atoms in total. The predicted molar refractivity (Wildman–Crippen MR) is 73.5 cm³/mol. The molecule has 106 valence electrons. The van der Waals surface area contributed by atoms with Gasteiger partial charge in [-0.1, -0.05) is 19.4 Å². The number of nitrogens with one attached hydrogen (secondary N) is 1. The van der Waals surface area contributed by atoms with E-state index in [2.05, 4.69) is 12.2 Å². The molecule has 3 unspecified atom stereocenters. The van der Waals surface area contributed by atoms with Crippen molar-refractivity contribution in [2.45, 2.75) is 36.6 Å².